The SMILES string of the molecule is COc1ccc(C(=O)C2CCN(C(=O)CCc3nc(-c4cccnc4)no3)CC2)cc1. The van der Waals surface area contributed by atoms with Crippen LogP contribution >= 0.6 is 0 Å². The van der Waals surface area contributed by atoms with Gasteiger partial charge in [-0.1, -0.05) is 5.16 Å². The molecular formula is C23H24N4O4. The van der Waals surface area contributed by atoms with E-state index in [9.17, 15) is 9.59 Å². The Bertz CT molecular complexity index is 1030. The lowest BCUT2D eigenvalue weighted by Crippen LogP contribution is -2.40. The lowest BCUT2D eigenvalue weighted by atomic mass is 9.88. The molecule has 0 radical (unpaired) electrons. The summed E-state index contributed by atoms with van der Waals surface area (Å²) in [5, 5.41) is 3.95. The van der Waals surface area contributed by atoms with Gasteiger partial charge in [0, 0.05) is 55.4 Å². The molecule has 1 fully saturated rings. The lowest BCUT2D eigenvalue weighted by Gasteiger charge is -2.31. The Balaban J connectivity index is 1.25. The van der Waals surface area contributed by atoms with Crippen molar-refractivity contribution in [3.05, 3.63) is 60.2 Å². The normalized spacial score (nSPS) is 14.4. The number of hydrogen-bond donors (Lipinski definition) is 0. The number of ketones is 1. The minimum Gasteiger partial charge on any atom is -0.497 e. The monoisotopic (exact) mass is 420 g/mol. The van der Waals surface area contributed by atoms with E-state index >= 15 is 0 Å². The molecule has 1 amide bonds. The van der Waals surface area contributed by atoms with Gasteiger partial charge in [0.1, 0.15) is 5.75 Å². The van der Waals surface area contributed by atoms with Crippen LogP contribution in [0, 0.1) is 5.92 Å². The molecule has 0 spiro atoms. The first-order valence-corrected chi connectivity index (χ1v) is 10.3. The van der Waals surface area contributed by atoms with E-state index in [1.165, 1.54) is 0 Å². The first-order valence-electron chi connectivity index (χ1n) is 10.3. The van der Waals surface area contributed by atoms with Gasteiger partial charge in [-0.3, -0.25) is 14.6 Å². The van der Waals surface area contributed by atoms with Gasteiger partial charge < -0.3 is 14.2 Å². The predicted octanol–water partition coefficient (Wildman–Crippen LogP) is 3.19. The third-order valence-corrected chi connectivity index (χ3v) is 5.53. The number of methoxy groups -OCH3 is 1. The number of piperidine rings is 1. The van der Waals surface area contributed by atoms with E-state index in [2.05, 4.69) is 15.1 Å². The molecule has 0 atom stereocenters. The highest BCUT2D eigenvalue weighted by molar-refractivity contribution is 5.98. The topological polar surface area (TPSA) is 98.4 Å². The van der Waals surface area contributed by atoms with Crippen LogP contribution in [0.2, 0.25) is 0 Å². The summed E-state index contributed by atoms with van der Waals surface area (Å²) in [5.41, 5.74) is 1.46. The number of nitrogens with zero attached hydrogens (tertiary/aromatic N) is 4. The van der Waals surface area contributed by atoms with Crippen molar-refractivity contribution in [1.82, 2.24) is 20.0 Å². The summed E-state index contributed by atoms with van der Waals surface area (Å²) < 4.78 is 10.4. The van der Waals surface area contributed by atoms with Gasteiger partial charge in [0.15, 0.2) is 5.78 Å². The van der Waals surface area contributed by atoms with Gasteiger partial charge in [-0.25, -0.2) is 0 Å². The number of likely N-dealkylation sites (tertiary alicyclic amines) is 1. The number of benzene rings is 1. The Kier molecular flexibility index (Phi) is 6.35. The highest BCUT2D eigenvalue weighted by Gasteiger charge is 2.28. The molecule has 3 heterocycles. The molecule has 0 N–H and O–H groups in total. The van der Waals surface area contributed by atoms with Crippen LogP contribution in [0.4, 0.5) is 0 Å². The fraction of sp³-hybridized carbons (Fsp3) is 0.348. The van der Waals surface area contributed by atoms with E-state index in [0.29, 0.717) is 56.1 Å². The van der Waals surface area contributed by atoms with E-state index in [4.69, 9.17) is 9.26 Å². The molecule has 3 aromatic rings. The molecular weight excluding hydrogens is 396 g/mol. The minimum atomic E-state index is -0.0598. The number of aryl methyl sites for hydroxylation is 1. The van der Waals surface area contributed by atoms with Crippen molar-refractivity contribution in [3.63, 3.8) is 0 Å². The Labute approximate surface area is 180 Å². The van der Waals surface area contributed by atoms with Crippen molar-refractivity contribution in [2.75, 3.05) is 20.2 Å². The maximum atomic E-state index is 12.7. The minimum absolute atomic E-state index is 0.0384. The average molecular weight is 420 g/mol. The summed E-state index contributed by atoms with van der Waals surface area (Å²) in [5.74, 6) is 1.73. The Morgan fingerprint density at radius 1 is 1.16 bits per heavy atom. The molecule has 160 valence electrons. The van der Waals surface area contributed by atoms with Crippen LogP contribution in [0.25, 0.3) is 11.4 Å². The van der Waals surface area contributed by atoms with E-state index < -0.39 is 0 Å². The fourth-order valence-corrected chi connectivity index (χ4v) is 3.72. The molecule has 0 bridgehead atoms. The molecule has 0 unspecified atom stereocenters. The zero-order chi connectivity index (χ0) is 21.6. The lowest BCUT2D eigenvalue weighted by molar-refractivity contribution is -0.132. The number of carbonyl (C=O) groups is 2. The second-order valence-corrected chi connectivity index (χ2v) is 7.50. The standard InChI is InChI=1S/C23H24N4O4/c1-30-19-6-4-16(5-7-19)22(29)17-10-13-27(14-11-17)21(28)9-8-20-25-23(26-31-20)18-3-2-12-24-15-18/h2-7,12,15,17H,8-11,13-14H2,1H3. The Morgan fingerprint density at radius 2 is 1.94 bits per heavy atom. The first-order chi connectivity index (χ1) is 15.1. The second-order valence-electron chi connectivity index (χ2n) is 7.50. The quantitative estimate of drug-likeness (QED) is 0.541. The molecule has 31 heavy (non-hydrogen) atoms. The van der Waals surface area contributed by atoms with E-state index in [-0.39, 0.29) is 17.6 Å². The third-order valence-electron chi connectivity index (χ3n) is 5.53. The van der Waals surface area contributed by atoms with Crippen molar-refractivity contribution >= 4 is 11.7 Å². The van der Waals surface area contributed by atoms with Gasteiger partial charge in [0.25, 0.3) is 0 Å². The van der Waals surface area contributed by atoms with Crippen molar-refractivity contribution in [3.8, 4) is 17.1 Å². The van der Waals surface area contributed by atoms with Crippen LogP contribution in [0.1, 0.15) is 35.5 Å². The summed E-state index contributed by atoms with van der Waals surface area (Å²) in [6.45, 7) is 1.16. The maximum Gasteiger partial charge on any atom is 0.227 e. The Morgan fingerprint density at radius 3 is 2.61 bits per heavy atom. The largest absolute Gasteiger partial charge is 0.497 e. The molecule has 2 aromatic heterocycles. The smallest absolute Gasteiger partial charge is 0.227 e. The predicted molar refractivity (Wildman–Crippen MR) is 112 cm³/mol. The number of carbonyl (C=O) groups excluding carboxylic acids is 2. The molecule has 4 rings (SSSR count). The number of rotatable bonds is 7. The number of amides is 1. The van der Waals surface area contributed by atoms with E-state index in [1.54, 1.807) is 49.8 Å². The molecule has 0 aliphatic carbocycles. The van der Waals surface area contributed by atoms with Gasteiger partial charge in [-0.15, -0.1) is 0 Å². The van der Waals surface area contributed by atoms with Crippen LogP contribution in [0.15, 0.2) is 53.3 Å². The number of Topliss-reactive ketones (excluding diaryl/α,β-unsaturated/α-hetero) is 1. The summed E-state index contributed by atoms with van der Waals surface area (Å²) in [6, 6.07) is 10.8. The average Bonchev–Trinajstić information content (AvgIpc) is 3.32. The van der Waals surface area contributed by atoms with Crippen LogP contribution in [-0.2, 0) is 11.2 Å². The van der Waals surface area contributed by atoms with E-state index in [0.717, 1.165) is 11.3 Å². The summed E-state index contributed by atoms with van der Waals surface area (Å²) >= 11 is 0. The number of ether oxygens (including phenoxy) is 1. The molecule has 1 aromatic carbocycles. The van der Waals surface area contributed by atoms with E-state index in [1.807, 2.05) is 11.0 Å². The van der Waals surface area contributed by atoms with Crippen LogP contribution in [0.5, 0.6) is 5.75 Å². The van der Waals surface area contributed by atoms with Crippen LogP contribution in [-0.4, -0.2) is 51.9 Å². The van der Waals surface area contributed by atoms with Crippen LogP contribution in [0.3, 0.4) is 0 Å². The van der Waals surface area contributed by atoms with Crippen molar-refractivity contribution < 1.29 is 18.8 Å². The molecule has 8 nitrogen and oxygen atoms in total. The van der Waals surface area contributed by atoms with Crippen molar-refractivity contribution in [2.45, 2.75) is 25.7 Å². The van der Waals surface area contributed by atoms with Gasteiger partial charge >= 0.3 is 0 Å². The first kappa shape index (κ1) is 20.7. The van der Waals surface area contributed by atoms with Gasteiger partial charge in [-0.2, -0.15) is 4.98 Å². The summed E-state index contributed by atoms with van der Waals surface area (Å²) in [4.78, 5) is 35.5. The Hall–Kier alpha value is -3.55. The fourth-order valence-electron chi connectivity index (χ4n) is 3.72. The van der Waals surface area contributed by atoms with Crippen molar-refractivity contribution in [2.24, 2.45) is 5.92 Å². The molecule has 8 heteroatoms. The second kappa shape index (κ2) is 9.51. The highest BCUT2D eigenvalue weighted by atomic mass is 16.5. The summed E-state index contributed by atoms with van der Waals surface area (Å²) in [7, 11) is 1.60. The van der Waals surface area contributed by atoms with Gasteiger partial charge in [-0.05, 0) is 49.2 Å². The third kappa shape index (κ3) is 4.96. The van der Waals surface area contributed by atoms with Crippen molar-refractivity contribution in [1.29, 1.82) is 0 Å². The summed E-state index contributed by atoms with van der Waals surface area (Å²) in [6.07, 6.45) is 5.36. The molecule has 1 saturated heterocycles. The number of aromatic nitrogens is 3. The molecule has 0 saturated carbocycles. The number of pyridine rings is 1. The molecule has 1 aliphatic heterocycles. The van der Waals surface area contributed by atoms with Gasteiger partial charge in [0.2, 0.25) is 17.6 Å². The zero-order valence-electron chi connectivity index (χ0n) is 17.4. The maximum absolute atomic E-state index is 12.7. The van der Waals surface area contributed by atoms with Gasteiger partial charge in [0.05, 0.1) is 7.11 Å². The molecule has 1 aliphatic rings. The number of hydrogen-bond acceptors (Lipinski definition) is 7. The zero-order valence-corrected chi connectivity index (χ0v) is 17.4. The highest BCUT2D eigenvalue weighted by Crippen LogP contribution is 2.24. The van der Waals surface area contributed by atoms with Crippen LogP contribution < -0.4 is 4.74 Å².